The van der Waals surface area contributed by atoms with Crippen LogP contribution < -0.4 is 5.32 Å². The summed E-state index contributed by atoms with van der Waals surface area (Å²) in [6, 6.07) is 6.19. The zero-order valence-electron chi connectivity index (χ0n) is 9.96. The first-order chi connectivity index (χ1) is 8.17. The first kappa shape index (κ1) is 14.5. The highest BCUT2D eigenvalue weighted by molar-refractivity contribution is 9.10. The first-order valence-corrected chi connectivity index (χ1v) is 7.08. The van der Waals surface area contributed by atoms with Crippen molar-refractivity contribution in [3.8, 4) is 0 Å². The lowest BCUT2D eigenvalue weighted by atomic mass is 10.2. The molecule has 1 aromatic rings. The summed E-state index contributed by atoms with van der Waals surface area (Å²) in [6.07, 6.45) is 0.437. The molecule has 0 spiro atoms. The highest BCUT2D eigenvalue weighted by Crippen LogP contribution is 2.27. The smallest absolute Gasteiger partial charge is 0.306 e. The van der Waals surface area contributed by atoms with Crippen molar-refractivity contribution in [3.63, 3.8) is 0 Å². The van der Waals surface area contributed by atoms with Crippen LogP contribution in [0.15, 0.2) is 27.6 Å². The van der Waals surface area contributed by atoms with Crippen LogP contribution in [0.5, 0.6) is 0 Å². The van der Waals surface area contributed by atoms with Crippen molar-refractivity contribution in [2.24, 2.45) is 0 Å². The number of hydrogen-bond donors (Lipinski definition) is 1. The predicted octanol–water partition coefficient (Wildman–Crippen LogP) is 2.82. The molecule has 94 valence electrons. The molecule has 1 aromatic carbocycles. The number of thioether (sulfide) groups is 1. The summed E-state index contributed by atoms with van der Waals surface area (Å²) in [6.45, 7) is 0.827. The molecule has 0 unspecified atom stereocenters. The van der Waals surface area contributed by atoms with Gasteiger partial charge in [0, 0.05) is 21.7 Å². The van der Waals surface area contributed by atoms with Crippen LogP contribution in [0.25, 0.3) is 0 Å². The second-order valence-electron chi connectivity index (χ2n) is 3.46. The van der Waals surface area contributed by atoms with E-state index in [2.05, 4.69) is 38.1 Å². The summed E-state index contributed by atoms with van der Waals surface area (Å²) in [5, 5.41) is 3.13. The van der Waals surface area contributed by atoms with Crippen LogP contribution in [0.3, 0.4) is 0 Å². The van der Waals surface area contributed by atoms with Crippen LogP contribution in [0.2, 0.25) is 0 Å². The van der Waals surface area contributed by atoms with E-state index in [0.717, 1.165) is 16.8 Å². The maximum Gasteiger partial charge on any atom is 0.306 e. The van der Waals surface area contributed by atoms with E-state index in [4.69, 9.17) is 0 Å². The molecule has 0 heterocycles. The number of nitrogens with one attached hydrogen (secondary N) is 1. The van der Waals surface area contributed by atoms with Crippen molar-refractivity contribution in [2.45, 2.75) is 17.9 Å². The molecule has 0 saturated heterocycles. The highest BCUT2D eigenvalue weighted by atomic mass is 79.9. The van der Waals surface area contributed by atoms with Gasteiger partial charge in [-0.2, -0.15) is 0 Å². The standard InChI is InChI=1S/C12H16BrNO2S/c1-14-8-9-3-4-10(13)7-11(9)17-6-5-12(15)16-2/h3-4,7,14H,5-6,8H2,1-2H3. The molecule has 0 atom stereocenters. The Morgan fingerprint density at radius 2 is 2.29 bits per heavy atom. The average Bonchev–Trinajstić information content (AvgIpc) is 2.32. The van der Waals surface area contributed by atoms with Gasteiger partial charge in [-0.3, -0.25) is 4.79 Å². The average molecular weight is 318 g/mol. The van der Waals surface area contributed by atoms with Crippen molar-refractivity contribution >= 4 is 33.7 Å². The quantitative estimate of drug-likeness (QED) is 0.647. The molecule has 17 heavy (non-hydrogen) atoms. The number of rotatable bonds is 6. The van der Waals surface area contributed by atoms with Crippen LogP contribution in [0.4, 0.5) is 0 Å². The van der Waals surface area contributed by atoms with Crippen LogP contribution in [0.1, 0.15) is 12.0 Å². The van der Waals surface area contributed by atoms with E-state index in [9.17, 15) is 4.79 Å². The Morgan fingerprint density at radius 1 is 1.53 bits per heavy atom. The van der Waals surface area contributed by atoms with Gasteiger partial charge in [0.2, 0.25) is 0 Å². The normalized spacial score (nSPS) is 10.3. The van der Waals surface area contributed by atoms with Gasteiger partial charge in [-0.05, 0) is 24.7 Å². The van der Waals surface area contributed by atoms with E-state index >= 15 is 0 Å². The highest BCUT2D eigenvalue weighted by Gasteiger charge is 2.05. The number of halogens is 1. The fourth-order valence-corrected chi connectivity index (χ4v) is 2.88. The minimum Gasteiger partial charge on any atom is -0.469 e. The molecule has 0 aliphatic carbocycles. The minimum atomic E-state index is -0.164. The van der Waals surface area contributed by atoms with E-state index in [1.54, 1.807) is 11.8 Å². The summed E-state index contributed by atoms with van der Waals surface area (Å²) in [5.41, 5.74) is 1.24. The van der Waals surface area contributed by atoms with Gasteiger partial charge in [-0.25, -0.2) is 0 Å². The third-order valence-corrected chi connectivity index (χ3v) is 3.78. The SMILES string of the molecule is CNCc1ccc(Br)cc1SCCC(=O)OC. The molecule has 0 bridgehead atoms. The van der Waals surface area contributed by atoms with Crippen molar-refractivity contribution in [1.82, 2.24) is 5.32 Å². The zero-order valence-corrected chi connectivity index (χ0v) is 12.4. The topological polar surface area (TPSA) is 38.3 Å². The fourth-order valence-electron chi connectivity index (χ4n) is 1.35. The number of carbonyl (C=O) groups is 1. The lowest BCUT2D eigenvalue weighted by Crippen LogP contribution is -2.06. The van der Waals surface area contributed by atoms with Crippen molar-refractivity contribution in [3.05, 3.63) is 28.2 Å². The summed E-state index contributed by atoms with van der Waals surface area (Å²) >= 11 is 5.13. The second kappa shape index (κ2) is 7.74. The third-order valence-electron chi connectivity index (χ3n) is 2.19. The Hall–Kier alpha value is -0.520. The van der Waals surface area contributed by atoms with Gasteiger partial charge >= 0.3 is 5.97 Å². The molecule has 5 heteroatoms. The van der Waals surface area contributed by atoms with Gasteiger partial charge in [0.1, 0.15) is 0 Å². The van der Waals surface area contributed by atoms with Gasteiger partial charge in [0.05, 0.1) is 13.5 Å². The molecule has 0 radical (unpaired) electrons. The van der Waals surface area contributed by atoms with Gasteiger partial charge < -0.3 is 10.1 Å². The minimum absolute atomic E-state index is 0.164. The van der Waals surface area contributed by atoms with Gasteiger partial charge in [-0.15, -0.1) is 11.8 Å². The maximum atomic E-state index is 11.0. The molecular weight excluding hydrogens is 302 g/mol. The van der Waals surface area contributed by atoms with Gasteiger partial charge in [-0.1, -0.05) is 22.0 Å². The Morgan fingerprint density at radius 3 is 2.94 bits per heavy atom. The number of benzene rings is 1. The molecule has 0 amide bonds. The largest absolute Gasteiger partial charge is 0.469 e. The van der Waals surface area contributed by atoms with Gasteiger partial charge in [0.15, 0.2) is 0 Å². The van der Waals surface area contributed by atoms with E-state index in [1.807, 2.05) is 13.1 Å². The summed E-state index contributed by atoms with van der Waals surface area (Å²) in [7, 11) is 3.34. The fraction of sp³-hybridized carbons (Fsp3) is 0.417. The Labute approximate surface area is 114 Å². The Kier molecular flexibility index (Phi) is 6.62. The molecule has 0 fully saturated rings. The second-order valence-corrected chi connectivity index (χ2v) is 5.51. The first-order valence-electron chi connectivity index (χ1n) is 5.30. The molecule has 3 nitrogen and oxygen atoms in total. The summed E-state index contributed by atoms with van der Waals surface area (Å²) in [5.74, 6) is 0.572. The molecular formula is C12H16BrNO2S. The van der Waals surface area contributed by atoms with Crippen LogP contribution in [-0.4, -0.2) is 25.9 Å². The number of carbonyl (C=O) groups excluding carboxylic acids is 1. The lowest BCUT2D eigenvalue weighted by molar-refractivity contribution is -0.140. The van der Waals surface area contributed by atoms with Crippen molar-refractivity contribution in [2.75, 3.05) is 19.9 Å². The van der Waals surface area contributed by atoms with Crippen LogP contribution in [0, 0.1) is 0 Å². The van der Waals surface area contributed by atoms with Crippen molar-refractivity contribution in [1.29, 1.82) is 0 Å². The summed E-state index contributed by atoms with van der Waals surface area (Å²) in [4.78, 5) is 12.2. The molecule has 0 aromatic heterocycles. The monoisotopic (exact) mass is 317 g/mol. The van der Waals surface area contributed by atoms with Crippen molar-refractivity contribution < 1.29 is 9.53 Å². The van der Waals surface area contributed by atoms with E-state index in [1.165, 1.54) is 17.6 Å². The number of hydrogen-bond acceptors (Lipinski definition) is 4. The number of ether oxygens (including phenoxy) is 1. The van der Waals surface area contributed by atoms with Crippen LogP contribution >= 0.6 is 27.7 Å². The predicted molar refractivity (Wildman–Crippen MR) is 74.3 cm³/mol. The molecule has 0 saturated carbocycles. The van der Waals surface area contributed by atoms with Gasteiger partial charge in [0.25, 0.3) is 0 Å². The molecule has 1 N–H and O–H groups in total. The Balaban J connectivity index is 2.61. The molecule has 1 rings (SSSR count). The van der Waals surface area contributed by atoms with E-state index in [-0.39, 0.29) is 5.97 Å². The number of esters is 1. The van der Waals surface area contributed by atoms with Crippen LogP contribution in [-0.2, 0) is 16.1 Å². The summed E-state index contributed by atoms with van der Waals surface area (Å²) < 4.78 is 5.67. The lowest BCUT2D eigenvalue weighted by Gasteiger charge is -2.09. The molecule has 0 aliphatic rings. The maximum absolute atomic E-state index is 11.0. The molecule has 0 aliphatic heterocycles. The van der Waals surface area contributed by atoms with E-state index in [0.29, 0.717) is 6.42 Å². The Bertz CT molecular complexity index is 385. The van der Waals surface area contributed by atoms with E-state index < -0.39 is 0 Å². The number of methoxy groups -OCH3 is 1. The third kappa shape index (κ3) is 5.10. The zero-order chi connectivity index (χ0) is 12.7.